The molecule has 2 aromatic carbocycles. The van der Waals surface area contributed by atoms with E-state index in [-0.39, 0.29) is 83.6 Å². The van der Waals surface area contributed by atoms with Crippen LogP contribution in [0.15, 0.2) is 73.3 Å². The van der Waals surface area contributed by atoms with Crippen molar-refractivity contribution in [2.24, 2.45) is 0 Å². The van der Waals surface area contributed by atoms with Crippen molar-refractivity contribution in [1.29, 1.82) is 0 Å². The fraction of sp³-hybridized carbons (Fsp3) is 0.538. The number of ether oxygens (including phenoxy) is 5. The molecule has 0 saturated carbocycles. The lowest BCUT2D eigenvalue weighted by Crippen LogP contribution is -2.67. The van der Waals surface area contributed by atoms with Crippen molar-refractivity contribution in [2.45, 2.75) is 138 Å². The van der Waals surface area contributed by atoms with Crippen LogP contribution in [0.1, 0.15) is 101 Å². The van der Waals surface area contributed by atoms with Crippen molar-refractivity contribution in [3.63, 3.8) is 0 Å². The van der Waals surface area contributed by atoms with Gasteiger partial charge in [-0.3, -0.25) is 29.4 Å². The predicted octanol–water partition coefficient (Wildman–Crippen LogP) is 5.55. The van der Waals surface area contributed by atoms with Crippen LogP contribution in [0.3, 0.4) is 0 Å². The maximum atomic E-state index is 13.0. The van der Waals surface area contributed by atoms with Gasteiger partial charge >= 0.3 is 17.1 Å². The molecule has 1 spiro atoms. The minimum Gasteiger partial charge on any atom is -0.479 e. The van der Waals surface area contributed by atoms with E-state index in [4.69, 9.17) is 36.7 Å². The molecule has 4 unspecified atom stereocenters. The Morgan fingerprint density at radius 3 is 1.64 bits per heavy atom. The molecule has 6 aromatic rings. The van der Waals surface area contributed by atoms with Crippen molar-refractivity contribution in [1.82, 2.24) is 39.0 Å². The molecule has 4 fully saturated rings. The van der Waals surface area contributed by atoms with Crippen LogP contribution in [-0.2, 0) is 27.2 Å². The Bertz CT molecular complexity index is 3060. The molecule has 6 N–H and O–H groups in total. The molecule has 24 nitrogen and oxygen atoms in total. The SMILES string of the molecule is COc1nc(NC(=O)c2ccccc2)nc2c1ncn2C1OC(CO)[C@@H](O)[C@]12CCO2.COc1nc(NC(=O)c2ccccc2)nc2c1ncn2C1OC2CO[Si](C(C)C)(C(C)C)O[Si](C(C)C)(C(C)C)O[C@H]2[C@]1(O)CCO. The molecular weight excluding hydrogens is 1040 g/mol. The highest BCUT2D eigenvalue weighted by molar-refractivity contribution is 6.84. The fourth-order valence-electron chi connectivity index (χ4n) is 11.1. The highest BCUT2D eigenvalue weighted by Gasteiger charge is 2.66. The summed E-state index contributed by atoms with van der Waals surface area (Å²) in [5.41, 5.74) is -0.282. The van der Waals surface area contributed by atoms with Gasteiger partial charge in [0.15, 0.2) is 34.8 Å². The van der Waals surface area contributed by atoms with Crippen molar-refractivity contribution in [3.05, 3.63) is 84.4 Å². The summed E-state index contributed by atoms with van der Waals surface area (Å²) >= 11 is 0. The van der Waals surface area contributed by atoms with Crippen LogP contribution in [0.25, 0.3) is 22.3 Å². The van der Waals surface area contributed by atoms with Crippen LogP contribution >= 0.6 is 0 Å². The molecule has 4 aliphatic rings. The number of aliphatic hydroxyl groups excluding tert-OH is 3. The molecule has 420 valence electrons. The summed E-state index contributed by atoms with van der Waals surface area (Å²) in [6.45, 7) is 16.9. The van der Waals surface area contributed by atoms with Gasteiger partial charge in [-0.05, 0) is 46.4 Å². The van der Waals surface area contributed by atoms with Gasteiger partial charge < -0.3 is 57.1 Å². The molecule has 10 rings (SSSR count). The van der Waals surface area contributed by atoms with E-state index in [1.807, 2.05) is 12.1 Å². The number of nitrogens with one attached hydrogen (secondary N) is 2. The first kappa shape index (κ1) is 56.8. The van der Waals surface area contributed by atoms with E-state index in [9.17, 15) is 30.0 Å². The van der Waals surface area contributed by atoms with Gasteiger partial charge in [0, 0.05) is 30.6 Å². The molecule has 26 heteroatoms. The number of hydrogen-bond donors (Lipinski definition) is 6. The van der Waals surface area contributed by atoms with Gasteiger partial charge in [-0.2, -0.15) is 19.9 Å². The van der Waals surface area contributed by atoms with Crippen LogP contribution in [0.2, 0.25) is 22.2 Å². The van der Waals surface area contributed by atoms with E-state index in [0.717, 1.165) is 0 Å². The minimum absolute atomic E-state index is 0.0108. The second-order valence-electron chi connectivity index (χ2n) is 21.1. The Balaban J connectivity index is 0.000000206. The average molecular weight is 1120 g/mol. The molecule has 0 aliphatic carbocycles. The predicted molar refractivity (Wildman–Crippen MR) is 287 cm³/mol. The molecular formula is C52H70N10O14Si2. The first-order valence-corrected chi connectivity index (χ1v) is 30.1. The third-order valence-corrected chi connectivity index (χ3v) is 25.4. The zero-order chi connectivity index (χ0) is 55.9. The van der Waals surface area contributed by atoms with Crippen molar-refractivity contribution in [2.75, 3.05) is 51.3 Å². The zero-order valence-electron chi connectivity index (χ0n) is 45.4. The van der Waals surface area contributed by atoms with Crippen molar-refractivity contribution >= 4 is 63.2 Å². The molecule has 4 saturated heterocycles. The van der Waals surface area contributed by atoms with E-state index >= 15 is 0 Å². The standard InChI is InChI=1S/C32H49N5O8Si2.C20H21N5O6/c1-19(2)46(20(3)4)42-17-24-26(44-47(45-46,21(5)6)22(7)8)32(40,15-16-38)30(43-24)37-18-33-25-27(37)34-31(36-29(25)41-9)35-28(39)23-13-11-10-12-14-23;1-29-17-13-15(22-19(24-17)23-16(28)11-5-3-2-4-6-11)25(10-21-13)18-20(7-8-30-20)14(27)12(9-26)31-18/h10-14,18-22,24,26,30,38,40H,15-17H2,1-9H3,(H,34,35,36,39);2-6,10,12,14,18,26-27H,7-9H2,1H3,(H,22,23,24,28)/t24?,26-,30?,32-;12?,14-,18?,20-/m11/s1. The van der Waals surface area contributed by atoms with Crippen LogP contribution in [-0.4, -0.2) is 165 Å². The highest BCUT2D eigenvalue weighted by atomic mass is 28.5. The minimum atomic E-state index is -3.13. The third kappa shape index (κ3) is 9.99. The fourth-order valence-corrected chi connectivity index (χ4v) is 22.3. The molecule has 0 bridgehead atoms. The highest BCUT2D eigenvalue weighted by Crippen LogP contribution is 2.53. The van der Waals surface area contributed by atoms with Crippen LogP contribution in [0, 0.1) is 0 Å². The smallest absolute Gasteiger partial charge is 0.335 e. The van der Waals surface area contributed by atoms with Gasteiger partial charge in [0.2, 0.25) is 23.7 Å². The number of rotatable bonds is 15. The Hall–Kier alpha value is -5.89. The number of benzene rings is 2. The summed E-state index contributed by atoms with van der Waals surface area (Å²) < 4.78 is 53.8. The number of aliphatic hydroxyl groups is 4. The van der Waals surface area contributed by atoms with E-state index in [1.54, 1.807) is 57.7 Å². The molecule has 8 atom stereocenters. The topological polar surface area (TPSA) is 300 Å². The summed E-state index contributed by atoms with van der Waals surface area (Å²) in [6, 6.07) is 17.4. The van der Waals surface area contributed by atoms with Crippen LogP contribution in [0.5, 0.6) is 11.8 Å². The average Bonchev–Trinajstić information content (AvgIpc) is 4.35. The number of amides is 2. The maximum absolute atomic E-state index is 13.0. The van der Waals surface area contributed by atoms with Crippen LogP contribution < -0.4 is 20.1 Å². The maximum Gasteiger partial charge on any atom is 0.335 e. The Morgan fingerprint density at radius 1 is 0.731 bits per heavy atom. The number of imidazole rings is 2. The second-order valence-corrected chi connectivity index (χ2v) is 30.0. The summed E-state index contributed by atoms with van der Waals surface area (Å²) in [6.07, 6.45) is -1.77. The second kappa shape index (κ2) is 22.7. The lowest BCUT2D eigenvalue weighted by atomic mass is 9.86. The molecule has 4 aliphatic heterocycles. The largest absolute Gasteiger partial charge is 0.479 e. The van der Waals surface area contributed by atoms with Gasteiger partial charge in [0.05, 0.1) is 46.7 Å². The molecule has 78 heavy (non-hydrogen) atoms. The Labute approximate surface area is 453 Å². The molecule has 0 radical (unpaired) electrons. The van der Waals surface area contributed by atoms with Crippen molar-refractivity contribution in [3.8, 4) is 11.8 Å². The Kier molecular flexibility index (Phi) is 16.5. The van der Waals surface area contributed by atoms with Crippen LogP contribution in [0.4, 0.5) is 11.9 Å². The quantitative estimate of drug-likeness (QED) is 0.0687. The third-order valence-electron chi connectivity index (χ3n) is 15.2. The van der Waals surface area contributed by atoms with Gasteiger partial charge in [0.1, 0.15) is 35.6 Å². The normalized spacial score (nSPS) is 26.4. The summed E-state index contributed by atoms with van der Waals surface area (Å²) in [4.78, 5) is 52.1. The number of methoxy groups -OCH3 is 2. The lowest BCUT2D eigenvalue weighted by Gasteiger charge is -2.52. The zero-order valence-corrected chi connectivity index (χ0v) is 47.4. The van der Waals surface area contributed by atoms with E-state index in [0.29, 0.717) is 40.8 Å². The number of aromatic nitrogens is 8. The van der Waals surface area contributed by atoms with Crippen molar-refractivity contribution < 1.29 is 66.7 Å². The summed E-state index contributed by atoms with van der Waals surface area (Å²) in [5, 5.41) is 48.6. The van der Waals surface area contributed by atoms with E-state index in [1.165, 1.54) is 26.9 Å². The lowest BCUT2D eigenvalue weighted by molar-refractivity contribution is -0.225. The first-order valence-electron chi connectivity index (χ1n) is 26.2. The van der Waals surface area contributed by atoms with E-state index < -0.39 is 71.1 Å². The number of hydrogen-bond acceptors (Lipinski definition) is 20. The Morgan fingerprint density at radius 2 is 1.22 bits per heavy atom. The van der Waals surface area contributed by atoms with E-state index in [2.05, 4.69) is 95.9 Å². The molecule has 2 amide bonds. The van der Waals surface area contributed by atoms with Gasteiger partial charge in [-0.25, -0.2) is 9.97 Å². The first-order chi connectivity index (χ1) is 37.3. The molecule has 4 aromatic heterocycles. The summed E-state index contributed by atoms with van der Waals surface area (Å²) in [7, 11) is -3.11. The summed E-state index contributed by atoms with van der Waals surface area (Å²) in [5.74, 6) is -0.449. The van der Waals surface area contributed by atoms with Gasteiger partial charge in [0.25, 0.3) is 11.8 Å². The number of carbonyl (C=O) groups is 2. The van der Waals surface area contributed by atoms with Gasteiger partial charge in [-0.1, -0.05) is 91.8 Å². The molecule has 8 heterocycles. The number of nitrogens with zero attached hydrogens (tertiary/aromatic N) is 8. The number of fused-ring (bicyclic) bond motifs is 3. The number of anilines is 2. The monoisotopic (exact) mass is 1110 g/mol. The van der Waals surface area contributed by atoms with Gasteiger partial charge in [-0.15, -0.1) is 0 Å². The number of carbonyl (C=O) groups excluding carboxylic acids is 2.